The van der Waals surface area contributed by atoms with Gasteiger partial charge in [0, 0.05) is 6.54 Å². The average molecular weight is 245 g/mol. The van der Waals surface area contributed by atoms with E-state index >= 15 is 0 Å². The van der Waals surface area contributed by atoms with Crippen molar-refractivity contribution >= 4 is 0 Å². The van der Waals surface area contributed by atoms with Crippen molar-refractivity contribution in [2.75, 3.05) is 19.7 Å². The van der Waals surface area contributed by atoms with Crippen LogP contribution >= 0.6 is 0 Å². The predicted octanol–water partition coefficient (Wildman–Crippen LogP) is 2.84. The second-order valence-electron chi connectivity index (χ2n) is 4.96. The van der Waals surface area contributed by atoms with Gasteiger partial charge in [-0.3, -0.25) is 4.90 Å². The molecular weight excluding hydrogens is 226 g/mol. The summed E-state index contributed by atoms with van der Waals surface area (Å²) in [5.41, 5.74) is 2.57. The van der Waals surface area contributed by atoms with Crippen molar-refractivity contribution in [3.8, 4) is 0 Å². The first kappa shape index (κ1) is 11.6. The van der Waals surface area contributed by atoms with Crippen LogP contribution in [0, 0.1) is 0 Å². The van der Waals surface area contributed by atoms with E-state index in [-0.39, 0.29) is 6.10 Å². The molecule has 0 aromatic heterocycles. The van der Waals surface area contributed by atoms with Crippen LogP contribution < -0.4 is 0 Å². The van der Waals surface area contributed by atoms with Gasteiger partial charge < -0.3 is 9.47 Å². The summed E-state index contributed by atoms with van der Waals surface area (Å²) in [5, 5.41) is 0. The minimum absolute atomic E-state index is 0.0378. The van der Waals surface area contributed by atoms with Gasteiger partial charge >= 0.3 is 0 Å². The fourth-order valence-corrected chi connectivity index (χ4v) is 2.56. The first-order chi connectivity index (χ1) is 8.92. The molecule has 1 saturated heterocycles. The van der Waals surface area contributed by atoms with Crippen LogP contribution in [0.25, 0.3) is 0 Å². The van der Waals surface area contributed by atoms with E-state index in [1.165, 1.54) is 37.1 Å². The van der Waals surface area contributed by atoms with Crippen molar-refractivity contribution < 1.29 is 9.47 Å². The summed E-state index contributed by atoms with van der Waals surface area (Å²) < 4.78 is 10.8. The van der Waals surface area contributed by atoms with Crippen LogP contribution in [-0.2, 0) is 16.0 Å². The Balaban J connectivity index is 1.62. The molecule has 0 radical (unpaired) electrons. The van der Waals surface area contributed by atoms with Gasteiger partial charge in [-0.25, -0.2) is 0 Å². The highest BCUT2D eigenvalue weighted by atomic mass is 16.6. The van der Waals surface area contributed by atoms with E-state index in [9.17, 15) is 0 Å². The number of benzene rings is 1. The smallest absolute Gasteiger partial charge is 0.157 e. The van der Waals surface area contributed by atoms with Crippen LogP contribution in [0.15, 0.2) is 36.8 Å². The van der Waals surface area contributed by atoms with Gasteiger partial charge in [-0.15, -0.1) is 0 Å². The molecule has 2 aliphatic rings. The van der Waals surface area contributed by atoms with Crippen molar-refractivity contribution in [2.24, 2.45) is 0 Å². The molecule has 0 bridgehead atoms. The Morgan fingerprint density at radius 3 is 2.50 bits per heavy atom. The maximum absolute atomic E-state index is 5.52. The van der Waals surface area contributed by atoms with Gasteiger partial charge in [-0.2, -0.15) is 0 Å². The monoisotopic (exact) mass is 245 g/mol. The Morgan fingerprint density at radius 2 is 1.83 bits per heavy atom. The molecule has 3 heteroatoms. The zero-order valence-corrected chi connectivity index (χ0v) is 10.5. The molecule has 1 aromatic carbocycles. The predicted molar refractivity (Wildman–Crippen MR) is 69.9 cm³/mol. The first-order valence-corrected chi connectivity index (χ1v) is 6.65. The Morgan fingerprint density at radius 1 is 1.06 bits per heavy atom. The summed E-state index contributed by atoms with van der Waals surface area (Å²) in [5.74, 6) is 0. The minimum atomic E-state index is 0.0378. The standard InChI is InChI=1S/C15H19NO2/c1-2-8-16(7-1)11-13-3-5-14(6-4-13)15-12-17-9-10-18-15/h3-6,9-10,15H,1-2,7-8,11-12H2. The van der Waals surface area contributed by atoms with Crippen LogP contribution in [0.2, 0.25) is 0 Å². The van der Waals surface area contributed by atoms with Crippen LogP contribution in [0.4, 0.5) is 0 Å². The molecule has 1 aromatic rings. The summed E-state index contributed by atoms with van der Waals surface area (Å²) >= 11 is 0. The SMILES string of the molecule is C1=COC(c2ccc(CN3CCCC3)cc2)CO1. The highest BCUT2D eigenvalue weighted by molar-refractivity contribution is 5.24. The number of rotatable bonds is 3. The largest absolute Gasteiger partial charge is 0.494 e. The highest BCUT2D eigenvalue weighted by Gasteiger charge is 2.15. The van der Waals surface area contributed by atoms with Crippen LogP contribution in [0.5, 0.6) is 0 Å². The Hall–Kier alpha value is -1.48. The molecule has 1 atom stereocenters. The van der Waals surface area contributed by atoms with Crippen LogP contribution in [0.1, 0.15) is 30.1 Å². The third-order valence-electron chi connectivity index (χ3n) is 3.60. The molecule has 0 spiro atoms. The van der Waals surface area contributed by atoms with Crippen molar-refractivity contribution in [1.82, 2.24) is 4.90 Å². The van der Waals surface area contributed by atoms with Crippen molar-refractivity contribution in [3.63, 3.8) is 0 Å². The minimum Gasteiger partial charge on any atom is -0.494 e. The zero-order chi connectivity index (χ0) is 12.2. The summed E-state index contributed by atoms with van der Waals surface area (Å²) in [6, 6.07) is 8.71. The molecule has 96 valence electrons. The lowest BCUT2D eigenvalue weighted by atomic mass is 10.1. The Kier molecular flexibility index (Phi) is 3.51. The number of likely N-dealkylation sites (tertiary alicyclic amines) is 1. The van der Waals surface area contributed by atoms with E-state index in [4.69, 9.17) is 9.47 Å². The van der Waals surface area contributed by atoms with Gasteiger partial charge in [0.25, 0.3) is 0 Å². The normalized spacial score (nSPS) is 23.7. The van der Waals surface area contributed by atoms with Gasteiger partial charge in [0.2, 0.25) is 0 Å². The maximum Gasteiger partial charge on any atom is 0.157 e. The molecule has 1 unspecified atom stereocenters. The molecule has 0 amide bonds. The van der Waals surface area contributed by atoms with Gasteiger partial charge in [-0.1, -0.05) is 24.3 Å². The van der Waals surface area contributed by atoms with E-state index in [0.717, 1.165) is 6.54 Å². The third kappa shape index (κ3) is 2.67. The lowest BCUT2D eigenvalue weighted by molar-refractivity contribution is 0.0326. The van der Waals surface area contributed by atoms with Gasteiger partial charge in [0.05, 0.1) is 0 Å². The van der Waals surface area contributed by atoms with Gasteiger partial charge in [-0.05, 0) is 37.1 Å². The topological polar surface area (TPSA) is 21.7 Å². The van der Waals surface area contributed by atoms with E-state index < -0.39 is 0 Å². The molecule has 0 aliphatic carbocycles. The van der Waals surface area contributed by atoms with Gasteiger partial charge in [0.1, 0.15) is 19.1 Å². The average Bonchev–Trinajstić information content (AvgIpc) is 2.94. The van der Waals surface area contributed by atoms with Crippen molar-refractivity contribution in [1.29, 1.82) is 0 Å². The fraction of sp³-hybridized carbons (Fsp3) is 0.467. The van der Waals surface area contributed by atoms with Crippen LogP contribution in [-0.4, -0.2) is 24.6 Å². The lowest BCUT2D eigenvalue weighted by Crippen LogP contribution is -2.18. The second-order valence-corrected chi connectivity index (χ2v) is 4.96. The van der Waals surface area contributed by atoms with E-state index in [1.54, 1.807) is 12.5 Å². The Bertz CT molecular complexity index is 407. The third-order valence-corrected chi connectivity index (χ3v) is 3.60. The molecule has 1 fully saturated rings. The maximum atomic E-state index is 5.52. The molecule has 18 heavy (non-hydrogen) atoms. The summed E-state index contributed by atoms with van der Waals surface area (Å²) in [7, 11) is 0. The summed E-state index contributed by atoms with van der Waals surface area (Å²) in [6.45, 7) is 4.16. The zero-order valence-electron chi connectivity index (χ0n) is 10.5. The summed E-state index contributed by atoms with van der Waals surface area (Å²) in [4.78, 5) is 2.51. The number of hydrogen-bond acceptors (Lipinski definition) is 3. The number of hydrogen-bond donors (Lipinski definition) is 0. The molecule has 3 rings (SSSR count). The number of nitrogens with zero attached hydrogens (tertiary/aromatic N) is 1. The quantitative estimate of drug-likeness (QED) is 0.817. The molecular formula is C15H19NO2. The van der Waals surface area contributed by atoms with E-state index in [2.05, 4.69) is 29.2 Å². The lowest BCUT2D eigenvalue weighted by Gasteiger charge is -2.20. The van der Waals surface area contributed by atoms with E-state index in [1.807, 2.05) is 0 Å². The number of ether oxygens (including phenoxy) is 2. The molecule has 3 nitrogen and oxygen atoms in total. The highest BCUT2D eigenvalue weighted by Crippen LogP contribution is 2.22. The van der Waals surface area contributed by atoms with Gasteiger partial charge in [0.15, 0.2) is 6.10 Å². The molecule has 0 saturated carbocycles. The molecule has 2 heterocycles. The summed E-state index contributed by atoms with van der Waals surface area (Å²) in [6.07, 6.45) is 5.94. The van der Waals surface area contributed by atoms with Crippen molar-refractivity contribution in [2.45, 2.75) is 25.5 Å². The van der Waals surface area contributed by atoms with Crippen LogP contribution in [0.3, 0.4) is 0 Å². The first-order valence-electron chi connectivity index (χ1n) is 6.65. The van der Waals surface area contributed by atoms with E-state index in [0.29, 0.717) is 6.61 Å². The molecule has 0 N–H and O–H groups in total. The molecule has 2 aliphatic heterocycles. The Labute approximate surface area is 108 Å². The fourth-order valence-electron chi connectivity index (χ4n) is 2.56. The second kappa shape index (κ2) is 5.44. The van der Waals surface area contributed by atoms with Crippen molar-refractivity contribution in [3.05, 3.63) is 47.9 Å².